The molecule has 0 aromatic heterocycles. The summed E-state index contributed by atoms with van der Waals surface area (Å²) in [6, 6.07) is 0. The van der Waals surface area contributed by atoms with Crippen LogP contribution in [0.2, 0.25) is 0 Å². The molecule has 0 amide bonds. The zero-order valence-corrected chi connectivity index (χ0v) is 12.1. The van der Waals surface area contributed by atoms with Crippen molar-refractivity contribution in [2.24, 2.45) is 5.92 Å². The Morgan fingerprint density at radius 1 is 1.26 bits per heavy atom. The van der Waals surface area contributed by atoms with Crippen molar-refractivity contribution in [2.75, 3.05) is 0 Å². The van der Waals surface area contributed by atoms with Crippen LogP contribution in [0.15, 0.2) is 0 Å². The molecule has 19 heavy (non-hydrogen) atoms. The fraction of sp³-hybridized carbons (Fsp3) is 0.933. The first-order valence-corrected chi connectivity index (χ1v) is 7.43. The van der Waals surface area contributed by atoms with Gasteiger partial charge in [0.25, 0.3) is 0 Å². The van der Waals surface area contributed by atoms with Gasteiger partial charge in [-0.25, -0.2) is 0 Å². The summed E-state index contributed by atoms with van der Waals surface area (Å²) in [4.78, 5) is 11.5. The maximum Gasteiger partial charge on any atom is 0.306 e. The Morgan fingerprint density at radius 2 is 2.00 bits per heavy atom. The van der Waals surface area contributed by atoms with Crippen LogP contribution in [-0.2, 0) is 19.0 Å². The number of esters is 1. The van der Waals surface area contributed by atoms with Gasteiger partial charge in [0.1, 0.15) is 6.10 Å². The van der Waals surface area contributed by atoms with Crippen molar-refractivity contribution >= 4 is 5.97 Å². The number of ether oxygens (including phenoxy) is 3. The van der Waals surface area contributed by atoms with Gasteiger partial charge in [-0.2, -0.15) is 0 Å². The molecule has 0 N–H and O–H groups in total. The van der Waals surface area contributed by atoms with Gasteiger partial charge in [0.15, 0.2) is 5.79 Å². The second-order valence-corrected chi connectivity index (χ2v) is 7.02. The quantitative estimate of drug-likeness (QED) is 0.722. The van der Waals surface area contributed by atoms with Crippen LogP contribution in [-0.4, -0.2) is 29.6 Å². The highest BCUT2D eigenvalue weighted by Gasteiger charge is 2.54. The maximum atomic E-state index is 11.5. The molecule has 3 fully saturated rings. The van der Waals surface area contributed by atoms with E-state index in [1.54, 1.807) is 0 Å². The molecule has 3 atom stereocenters. The molecular formula is C15H24O4. The van der Waals surface area contributed by atoms with Crippen LogP contribution in [0, 0.1) is 5.92 Å². The molecule has 1 spiro atoms. The molecule has 2 aliphatic heterocycles. The zero-order chi connectivity index (χ0) is 13.7. The Kier molecular flexibility index (Phi) is 3.13. The van der Waals surface area contributed by atoms with Gasteiger partial charge in [-0.05, 0) is 39.0 Å². The number of rotatable bonds is 2. The lowest BCUT2D eigenvalue weighted by Gasteiger charge is -2.42. The van der Waals surface area contributed by atoms with Gasteiger partial charge in [-0.3, -0.25) is 4.79 Å². The van der Waals surface area contributed by atoms with Crippen LogP contribution in [0.1, 0.15) is 59.3 Å². The van der Waals surface area contributed by atoms with Crippen LogP contribution < -0.4 is 0 Å². The minimum absolute atomic E-state index is 0.0194. The SMILES string of the molecule is C[C@H]1CC(=O)O[C@@H](C[C@@H]2CC3(CC3)OC(C)(C)O2)C1. The zero-order valence-electron chi connectivity index (χ0n) is 12.1. The van der Waals surface area contributed by atoms with Crippen LogP contribution in [0.4, 0.5) is 0 Å². The molecule has 0 radical (unpaired) electrons. The summed E-state index contributed by atoms with van der Waals surface area (Å²) in [5.74, 6) is -0.144. The monoisotopic (exact) mass is 268 g/mol. The first-order chi connectivity index (χ1) is 8.86. The van der Waals surface area contributed by atoms with E-state index in [1.807, 2.05) is 13.8 Å². The van der Waals surface area contributed by atoms with Crippen molar-refractivity contribution in [3.8, 4) is 0 Å². The fourth-order valence-corrected chi connectivity index (χ4v) is 3.56. The van der Waals surface area contributed by atoms with E-state index in [0.29, 0.717) is 12.3 Å². The fourth-order valence-electron chi connectivity index (χ4n) is 3.56. The first kappa shape index (κ1) is 13.4. The summed E-state index contributed by atoms with van der Waals surface area (Å²) in [7, 11) is 0. The third-order valence-electron chi connectivity index (χ3n) is 4.32. The minimum Gasteiger partial charge on any atom is -0.462 e. The first-order valence-electron chi connectivity index (χ1n) is 7.43. The van der Waals surface area contributed by atoms with Crippen molar-refractivity contribution in [1.82, 2.24) is 0 Å². The molecule has 108 valence electrons. The van der Waals surface area contributed by atoms with Gasteiger partial charge >= 0.3 is 5.97 Å². The molecule has 4 nitrogen and oxygen atoms in total. The average molecular weight is 268 g/mol. The average Bonchev–Trinajstić information content (AvgIpc) is 2.91. The second kappa shape index (κ2) is 4.45. The normalized spacial score (nSPS) is 39.9. The molecule has 0 aromatic rings. The van der Waals surface area contributed by atoms with Crippen molar-refractivity contribution in [3.63, 3.8) is 0 Å². The Hall–Kier alpha value is -0.610. The Labute approximate surface area is 114 Å². The van der Waals surface area contributed by atoms with E-state index < -0.39 is 5.79 Å². The van der Waals surface area contributed by atoms with Gasteiger partial charge in [-0.15, -0.1) is 0 Å². The molecule has 0 aromatic carbocycles. The number of hydrogen-bond donors (Lipinski definition) is 0. The predicted molar refractivity (Wildman–Crippen MR) is 69.5 cm³/mol. The van der Waals surface area contributed by atoms with Gasteiger partial charge < -0.3 is 14.2 Å². The Bertz CT molecular complexity index is 366. The third-order valence-corrected chi connectivity index (χ3v) is 4.32. The molecule has 1 saturated carbocycles. The van der Waals surface area contributed by atoms with Gasteiger partial charge in [0.2, 0.25) is 0 Å². The lowest BCUT2D eigenvalue weighted by Crippen LogP contribution is -2.47. The van der Waals surface area contributed by atoms with Crippen LogP contribution in [0.5, 0.6) is 0 Å². The largest absolute Gasteiger partial charge is 0.462 e. The van der Waals surface area contributed by atoms with E-state index in [0.717, 1.165) is 32.1 Å². The van der Waals surface area contributed by atoms with Crippen LogP contribution in [0.25, 0.3) is 0 Å². The summed E-state index contributed by atoms with van der Waals surface area (Å²) in [5, 5.41) is 0. The van der Waals surface area contributed by atoms with E-state index >= 15 is 0 Å². The van der Waals surface area contributed by atoms with Gasteiger partial charge in [-0.1, -0.05) is 6.92 Å². The Balaban J connectivity index is 1.61. The highest BCUT2D eigenvalue weighted by molar-refractivity contribution is 5.70. The highest BCUT2D eigenvalue weighted by Crippen LogP contribution is 2.51. The van der Waals surface area contributed by atoms with E-state index in [-0.39, 0.29) is 23.8 Å². The number of carbonyl (C=O) groups excluding carboxylic acids is 1. The van der Waals surface area contributed by atoms with Crippen molar-refractivity contribution < 1.29 is 19.0 Å². The van der Waals surface area contributed by atoms with E-state index in [2.05, 4.69) is 6.92 Å². The topological polar surface area (TPSA) is 44.8 Å². The van der Waals surface area contributed by atoms with E-state index in [9.17, 15) is 4.79 Å². The Morgan fingerprint density at radius 3 is 2.63 bits per heavy atom. The van der Waals surface area contributed by atoms with E-state index in [1.165, 1.54) is 0 Å². The molecule has 0 unspecified atom stereocenters. The highest BCUT2D eigenvalue weighted by atomic mass is 16.7. The smallest absolute Gasteiger partial charge is 0.306 e. The molecule has 1 aliphatic carbocycles. The predicted octanol–water partition coefficient (Wildman–Crippen LogP) is 2.79. The molecule has 2 heterocycles. The minimum atomic E-state index is -0.510. The number of carbonyl (C=O) groups is 1. The lowest BCUT2D eigenvalue weighted by molar-refractivity contribution is -0.312. The molecular weight excluding hydrogens is 244 g/mol. The van der Waals surface area contributed by atoms with Crippen molar-refractivity contribution in [2.45, 2.75) is 82.9 Å². The lowest BCUT2D eigenvalue weighted by atomic mass is 9.92. The van der Waals surface area contributed by atoms with Gasteiger partial charge in [0.05, 0.1) is 11.7 Å². The summed E-state index contributed by atoms with van der Waals surface area (Å²) in [6.45, 7) is 6.08. The van der Waals surface area contributed by atoms with E-state index in [4.69, 9.17) is 14.2 Å². The molecule has 2 saturated heterocycles. The molecule has 3 aliphatic rings. The van der Waals surface area contributed by atoms with Crippen molar-refractivity contribution in [1.29, 1.82) is 0 Å². The summed E-state index contributed by atoms with van der Waals surface area (Å²) in [6.07, 6.45) is 5.71. The molecule has 0 bridgehead atoms. The maximum absolute atomic E-state index is 11.5. The van der Waals surface area contributed by atoms with Crippen LogP contribution in [0.3, 0.4) is 0 Å². The summed E-state index contributed by atoms with van der Waals surface area (Å²) in [5.41, 5.74) is 0.0523. The number of hydrogen-bond acceptors (Lipinski definition) is 4. The van der Waals surface area contributed by atoms with Gasteiger partial charge in [0, 0.05) is 19.3 Å². The standard InChI is InChI=1S/C15H24O4/c1-10-6-11(17-13(16)7-10)8-12-9-15(4-5-15)19-14(2,3)18-12/h10-12H,4-9H2,1-3H3/t10-,11-,12-/m1/s1. The summed E-state index contributed by atoms with van der Waals surface area (Å²) >= 11 is 0. The number of cyclic esters (lactones) is 1. The van der Waals surface area contributed by atoms with Crippen molar-refractivity contribution in [3.05, 3.63) is 0 Å². The molecule has 4 heteroatoms. The summed E-state index contributed by atoms with van der Waals surface area (Å²) < 4.78 is 17.5. The second-order valence-electron chi connectivity index (χ2n) is 7.02. The molecule has 3 rings (SSSR count). The third kappa shape index (κ3) is 3.11. The van der Waals surface area contributed by atoms with Crippen LogP contribution >= 0.6 is 0 Å².